The number of benzene rings is 1. The van der Waals surface area contributed by atoms with Crippen LogP contribution in [0.5, 0.6) is 0 Å². The molecule has 6 heteroatoms. The van der Waals surface area contributed by atoms with Crippen LogP contribution in [0, 0.1) is 13.8 Å². The lowest BCUT2D eigenvalue weighted by Crippen LogP contribution is -2.40. The Balaban J connectivity index is 0.00000208. The zero-order valence-corrected chi connectivity index (χ0v) is 15.0. The summed E-state index contributed by atoms with van der Waals surface area (Å²) >= 11 is 0. The highest BCUT2D eigenvalue weighted by Gasteiger charge is 2.12. The molecule has 5 nitrogen and oxygen atoms in total. The molecule has 1 saturated heterocycles. The van der Waals surface area contributed by atoms with E-state index in [2.05, 4.69) is 29.1 Å². The molecule has 1 aliphatic heterocycles. The summed E-state index contributed by atoms with van der Waals surface area (Å²) in [5.41, 5.74) is 3.83. The van der Waals surface area contributed by atoms with Crippen molar-refractivity contribution in [1.82, 2.24) is 14.7 Å². The van der Waals surface area contributed by atoms with Gasteiger partial charge in [-0.3, -0.25) is 9.69 Å². The van der Waals surface area contributed by atoms with Gasteiger partial charge in [0, 0.05) is 30.8 Å². The number of rotatable bonds is 4. The van der Waals surface area contributed by atoms with Crippen LogP contribution in [0.25, 0.3) is 11.3 Å². The highest BCUT2D eigenvalue weighted by molar-refractivity contribution is 5.85. The largest absolute Gasteiger partial charge is 0.379 e. The van der Waals surface area contributed by atoms with E-state index in [1.807, 2.05) is 25.1 Å². The van der Waals surface area contributed by atoms with E-state index in [1.165, 1.54) is 5.56 Å². The zero-order chi connectivity index (χ0) is 16.2. The maximum Gasteiger partial charge on any atom is 0.269 e. The van der Waals surface area contributed by atoms with Crippen molar-refractivity contribution in [1.29, 1.82) is 0 Å². The first-order valence-electron chi connectivity index (χ1n) is 8.09. The lowest BCUT2D eigenvalue weighted by atomic mass is 10.1. The summed E-state index contributed by atoms with van der Waals surface area (Å²) in [6.45, 7) is 8.73. The van der Waals surface area contributed by atoms with Crippen molar-refractivity contribution >= 4 is 12.4 Å². The molecule has 1 aliphatic rings. The van der Waals surface area contributed by atoms with Gasteiger partial charge in [0.05, 0.1) is 25.5 Å². The van der Waals surface area contributed by atoms with Gasteiger partial charge >= 0.3 is 0 Å². The minimum absolute atomic E-state index is 0. The Bertz CT molecular complexity index is 722. The molecule has 1 fully saturated rings. The second-order valence-corrected chi connectivity index (χ2v) is 6.06. The van der Waals surface area contributed by atoms with Crippen LogP contribution in [0.3, 0.4) is 0 Å². The molecule has 0 aliphatic carbocycles. The molecule has 0 atom stereocenters. The van der Waals surface area contributed by atoms with Gasteiger partial charge in [-0.2, -0.15) is 5.10 Å². The molecule has 0 N–H and O–H groups in total. The zero-order valence-electron chi connectivity index (χ0n) is 14.2. The van der Waals surface area contributed by atoms with E-state index >= 15 is 0 Å². The van der Waals surface area contributed by atoms with Gasteiger partial charge in [-0.05, 0) is 19.9 Å². The molecule has 1 aromatic heterocycles. The Morgan fingerprint density at radius 2 is 1.75 bits per heavy atom. The highest BCUT2D eigenvalue weighted by atomic mass is 35.5. The molecule has 0 amide bonds. The van der Waals surface area contributed by atoms with Gasteiger partial charge in [-0.25, -0.2) is 4.68 Å². The van der Waals surface area contributed by atoms with E-state index in [-0.39, 0.29) is 18.0 Å². The molecule has 0 saturated carbocycles. The number of hydrogen-bond donors (Lipinski definition) is 0. The Morgan fingerprint density at radius 1 is 1.08 bits per heavy atom. The van der Waals surface area contributed by atoms with Crippen LogP contribution >= 0.6 is 12.4 Å². The van der Waals surface area contributed by atoms with Crippen molar-refractivity contribution in [3.8, 4) is 11.3 Å². The molecule has 130 valence electrons. The Morgan fingerprint density at radius 3 is 2.42 bits per heavy atom. The van der Waals surface area contributed by atoms with Crippen molar-refractivity contribution in [2.24, 2.45) is 0 Å². The van der Waals surface area contributed by atoms with E-state index < -0.39 is 0 Å². The number of halogens is 1. The minimum atomic E-state index is -0.00544. The molecule has 0 unspecified atom stereocenters. The van der Waals surface area contributed by atoms with Crippen molar-refractivity contribution in [3.63, 3.8) is 0 Å². The first-order valence-corrected chi connectivity index (χ1v) is 8.09. The number of hydrogen-bond acceptors (Lipinski definition) is 4. The molecule has 0 spiro atoms. The number of aryl methyl sites for hydroxylation is 2. The molecular weight excluding hydrogens is 326 g/mol. The third-order valence-corrected chi connectivity index (χ3v) is 4.23. The van der Waals surface area contributed by atoms with E-state index in [0.717, 1.165) is 49.7 Å². The molecule has 3 rings (SSSR count). The van der Waals surface area contributed by atoms with Crippen molar-refractivity contribution < 1.29 is 4.74 Å². The van der Waals surface area contributed by atoms with Crippen LogP contribution in [0.4, 0.5) is 0 Å². The second-order valence-electron chi connectivity index (χ2n) is 6.06. The molecule has 0 bridgehead atoms. The van der Waals surface area contributed by atoms with E-state index in [1.54, 1.807) is 4.68 Å². The average molecular weight is 350 g/mol. The van der Waals surface area contributed by atoms with Crippen molar-refractivity contribution in [3.05, 3.63) is 51.8 Å². The summed E-state index contributed by atoms with van der Waals surface area (Å²) in [6, 6.07) is 10.1. The standard InChI is InChI=1S/C18H23N3O2.ClH/c1-14-3-5-16(6-4-14)17-13-15(2)18(22)21(19-17)8-7-20-9-11-23-12-10-20;/h3-6,13H,7-12H2,1-2H3;1H. The fraction of sp³-hybridized carbons (Fsp3) is 0.444. The van der Waals surface area contributed by atoms with E-state index in [0.29, 0.717) is 6.54 Å². The average Bonchev–Trinajstić information content (AvgIpc) is 2.58. The number of ether oxygens (including phenoxy) is 1. The lowest BCUT2D eigenvalue weighted by molar-refractivity contribution is 0.0358. The minimum Gasteiger partial charge on any atom is -0.379 e. The van der Waals surface area contributed by atoms with Crippen LogP contribution < -0.4 is 5.56 Å². The lowest BCUT2D eigenvalue weighted by Gasteiger charge is -2.26. The molecular formula is C18H24ClN3O2. The summed E-state index contributed by atoms with van der Waals surface area (Å²) in [5.74, 6) is 0. The first-order chi connectivity index (χ1) is 11.1. The van der Waals surface area contributed by atoms with Gasteiger partial charge in [-0.15, -0.1) is 12.4 Å². The summed E-state index contributed by atoms with van der Waals surface area (Å²) in [4.78, 5) is 14.6. The first kappa shape index (κ1) is 18.6. The highest BCUT2D eigenvalue weighted by Crippen LogP contribution is 2.17. The van der Waals surface area contributed by atoms with Crippen LogP contribution in [0.15, 0.2) is 35.1 Å². The quantitative estimate of drug-likeness (QED) is 0.849. The SMILES string of the molecule is Cc1ccc(-c2cc(C)c(=O)n(CCN3CCOCC3)n2)cc1.Cl. The third-order valence-electron chi connectivity index (χ3n) is 4.23. The molecule has 1 aromatic carbocycles. The third kappa shape index (κ3) is 4.44. The maximum absolute atomic E-state index is 12.3. The number of nitrogens with zero attached hydrogens (tertiary/aromatic N) is 3. The van der Waals surface area contributed by atoms with Crippen LogP contribution in [-0.2, 0) is 11.3 Å². The van der Waals surface area contributed by atoms with Crippen LogP contribution in [0.1, 0.15) is 11.1 Å². The summed E-state index contributed by atoms with van der Waals surface area (Å²) < 4.78 is 6.95. The molecule has 0 radical (unpaired) electrons. The maximum atomic E-state index is 12.3. The monoisotopic (exact) mass is 349 g/mol. The van der Waals surface area contributed by atoms with Gasteiger partial charge in [-0.1, -0.05) is 29.8 Å². The molecule has 2 aromatic rings. The predicted molar refractivity (Wildman–Crippen MR) is 97.9 cm³/mol. The normalized spacial score (nSPS) is 15.1. The Hall–Kier alpha value is -1.69. The smallest absolute Gasteiger partial charge is 0.269 e. The van der Waals surface area contributed by atoms with Crippen LogP contribution in [0.2, 0.25) is 0 Å². The summed E-state index contributed by atoms with van der Waals surface area (Å²) in [7, 11) is 0. The fourth-order valence-electron chi connectivity index (χ4n) is 2.75. The van der Waals surface area contributed by atoms with Gasteiger partial charge < -0.3 is 4.74 Å². The number of aromatic nitrogens is 2. The van der Waals surface area contributed by atoms with Crippen LogP contribution in [-0.4, -0.2) is 47.5 Å². The second kappa shape index (κ2) is 8.42. The fourth-order valence-corrected chi connectivity index (χ4v) is 2.75. The number of morpholine rings is 1. The van der Waals surface area contributed by atoms with E-state index in [4.69, 9.17) is 4.74 Å². The predicted octanol–water partition coefficient (Wildman–Crippen LogP) is 2.28. The van der Waals surface area contributed by atoms with Gasteiger partial charge in [0.15, 0.2) is 0 Å². The van der Waals surface area contributed by atoms with Crippen molar-refractivity contribution in [2.75, 3.05) is 32.8 Å². The Labute approximate surface area is 148 Å². The topological polar surface area (TPSA) is 47.4 Å². The summed E-state index contributed by atoms with van der Waals surface area (Å²) in [5, 5.41) is 4.56. The van der Waals surface area contributed by atoms with Gasteiger partial charge in [0.25, 0.3) is 5.56 Å². The van der Waals surface area contributed by atoms with E-state index in [9.17, 15) is 4.79 Å². The van der Waals surface area contributed by atoms with Crippen molar-refractivity contribution in [2.45, 2.75) is 20.4 Å². The Kier molecular flexibility index (Phi) is 6.54. The van der Waals surface area contributed by atoms with Gasteiger partial charge in [0.2, 0.25) is 0 Å². The summed E-state index contributed by atoms with van der Waals surface area (Å²) in [6.07, 6.45) is 0. The molecule has 24 heavy (non-hydrogen) atoms. The van der Waals surface area contributed by atoms with Gasteiger partial charge in [0.1, 0.15) is 0 Å². The molecule has 2 heterocycles.